The van der Waals surface area contributed by atoms with Gasteiger partial charge in [-0.15, -0.1) is 0 Å². The summed E-state index contributed by atoms with van der Waals surface area (Å²) in [6.45, 7) is -0.237. The van der Waals surface area contributed by atoms with Crippen molar-refractivity contribution in [2.24, 2.45) is 5.10 Å². The molecule has 0 atom stereocenters. The Morgan fingerprint density at radius 3 is 2.48 bits per heavy atom. The van der Waals surface area contributed by atoms with Crippen LogP contribution in [0.5, 0.6) is 5.75 Å². The molecule has 3 aromatic carbocycles. The predicted molar refractivity (Wildman–Crippen MR) is 99.5 cm³/mol. The number of hydrogen-bond acceptors (Lipinski definition) is 3. The first kappa shape index (κ1) is 18.3. The van der Waals surface area contributed by atoms with Crippen LogP contribution in [-0.2, 0) is 4.79 Å². The van der Waals surface area contributed by atoms with Crippen LogP contribution in [0, 0.1) is 11.6 Å². The summed E-state index contributed by atoms with van der Waals surface area (Å²) >= 11 is 0. The zero-order chi connectivity index (χ0) is 19.1. The Bertz CT molecular complexity index is 959. The van der Waals surface area contributed by atoms with E-state index in [0.717, 1.165) is 23.3 Å². The molecule has 136 valence electrons. The van der Waals surface area contributed by atoms with Crippen molar-refractivity contribution < 1.29 is 18.3 Å². The van der Waals surface area contributed by atoms with Gasteiger partial charge in [-0.2, -0.15) is 5.10 Å². The van der Waals surface area contributed by atoms with Crippen molar-refractivity contribution in [1.29, 1.82) is 0 Å². The number of carbonyl (C=O) groups is 1. The van der Waals surface area contributed by atoms with Gasteiger partial charge in [-0.1, -0.05) is 54.6 Å². The third-order valence-electron chi connectivity index (χ3n) is 3.68. The van der Waals surface area contributed by atoms with Crippen LogP contribution in [0.1, 0.15) is 5.56 Å². The summed E-state index contributed by atoms with van der Waals surface area (Å²) in [6, 6.07) is 20.4. The number of carbonyl (C=O) groups excluding carboxylic acids is 1. The molecule has 3 rings (SSSR count). The van der Waals surface area contributed by atoms with E-state index in [9.17, 15) is 13.6 Å². The molecule has 0 fully saturated rings. The largest absolute Gasteiger partial charge is 0.483 e. The minimum atomic E-state index is -0.980. The number of nitrogens with zero attached hydrogens (tertiary/aromatic N) is 1. The first-order chi connectivity index (χ1) is 13.1. The molecule has 0 aromatic heterocycles. The first-order valence-electron chi connectivity index (χ1n) is 8.17. The second-order valence-electron chi connectivity index (χ2n) is 5.62. The number of amides is 1. The highest BCUT2D eigenvalue weighted by molar-refractivity contribution is 5.83. The molecule has 27 heavy (non-hydrogen) atoms. The molecule has 0 heterocycles. The SMILES string of the molecule is O=C(COc1ccccc1-c1ccccc1)N/N=C/c1ccc(F)c(F)c1. The lowest BCUT2D eigenvalue weighted by molar-refractivity contribution is -0.123. The molecule has 0 unspecified atom stereocenters. The van der Waals surface area contributed by atoms with Crippen molar-refractivity contribution in [2.45, 2.75) is 0 Å². The smallest absolute Gasteiger partial charge is 0.277 e. The van der Waals surface area contributed by atoms with Crippen molar-refractivity contribution in [3.63, 3.8) is 0 Å². The van der Waals surface area contributed by atoms with Crippen LogP contribution in [0.4, 0.5) is 8.78 Å². The molecule has 1 N–H and O–H groups in total. The molecule has 0 bridgehead atoms. The third-order valence-corrected chi connectivity index (χ3v) is 3.68. The summed E-state index contributed by atoms with van der Waals surface area (Å²) in [6.07, 6.45) is 1.22. The number of rotatable bonds is 6. The second-order valence-corrected chi connectivity index (χ2v) is 5.62. The number of ether oxygens (including phenoxy) is 1. The Kier molecular flexibility index (Phi) is 5.89. The lowest BCUT2D eigenvalue weighted by Gasteiger charge is -2.10. The van der Waals surface area contributed by atoms with E-state index >= 15 is 0 Å². The minimum absolute atomic E-state index is 0.237. The summed E-state index contributed by atoms with van der Waals surface area (Å²) in [5.41, 5.74) is 4.46. The van der Waals surface area contributed by atoms with Crippen molar-refractivity contribution in [3.8, 4) is 16.9 Å². The Morgan fingerprint density at radius 2 is 1.70 bits per heavy atom. The number of nitrogens with one attached hydrogen (secondary N) is 1. The number of benzene rings is 3. The van der Waals surface area contributed by atoms with E-state index in [4.69, 9.17) is 4.74 Å². The summed E-state index contributed by atoms with van der Waals surface area (Å²) in [5, 5.41) is 3.71. The lowest BCUT2D eigenvalue weighted by atomic mass is 10.1. The quantitative estimate of drug-likeness (QED) is 0.526. The van der Waals surface area contributed by atoms with Crippen LogP contribution in [0.25, 0.3) is 11.1 Å². The maximum Gasteiger partial charge on any atom is 0.277 e. The summed E-state index contributed by atoms with van der Waals surface area (Å²) in [7, 11) is 0. The molecule has 1 amide bonds. The molecular weight excluding hydrogens is 350 g/mol. The standard InChI is InChI=1S/C21H16F2N2O2/c22-18-11-10-15(12-19(18)23)13-24-25-21(26)14-27-20-9-5-4-8-17(20)16-6-2-1-3-7-16/h1-13H,14H2,(H,25,26)/b24-13+. The molecule has 0 aliphatic rings. The van der Waals surface area contributed by atoms with Gasteiger partial charge in [0.15, 0.2) is 18.2 Å². The lowest BCUT2D eigenvalue weighted by Crippen LogP contribution is -2.24. The Hall–Kier alpha value is -3.54. The first-order valence-corrected chi connectivity index (χ1v) is 8.17. The molecule has 0 radical (unpaired) electrons. The van der Waals surface area contributed by atoms with E-state index in [1.54, 1.807) is 6.07 Å². The van der Waals surface area contributed by atoms with E-state index < -0.39 is 17.5 Å². The fraction of sp³-hybridized carbons (Fsp3) is 0.0476. The average molecular weight is 366 g/mol. The van der Waals surface area contributed by atoms with Gasteiger partial charge < -0.3 is 4.74 Å². The zero-order valence-electron chi connectivity index (χ0n) is 14.2. The van der Waals surface area contributed by atoms with Crippen molar-refractivity contribution in [3.05, 3.63) is 90.0 Å². The van der Waals surface area contributed by atoms with Gasteiger partial charge in [0.25, 0.3) is 5.91 Å². The highest BCUT2D eigenvalue weighted by Gasteiger charge is 2.08. The van der Waals surface area contributed by atoms with E-state index in [1.807, 2.05) is 48.5 Å². The Labute approximate surface area is 155 Å². The van der Waals surface area contributed by atoms with E-state index in [1.165, 1.54) is 12.3 Å². The fourth-order valence-corrected chi connectivity index (χ4v) is 2.40. The van der Waals surface area contributed by atoms with Gasteiger partial charge in [0.1, 0.15) is 5.75 Å². The van der Waals surface area contributed by atoms with Gasteiger partial charge in [-0.25, -0.2) is 14.2 Å². The molecule has 0 aliphatic heterocycles. The highest BCUT2D eigenvalue weighted by Crippen LogP contribution is 2.29. The van der Waals surface area contributed by atoms with Crippen LogP contribution in [0.15, 0.2) is 77.9 Å². The third kappa shape index (κ3) is 4.98. The molecule has 3 aromatic rings. The molecule has 0 saturated carbocycles. The number of hydrazone groups is 1. The highest BCUT2D eigenvalue weighted by atomic mass is 19.2. The fourth-order valence-electron chi connectivity index (χ4n) is 2.40. The number of hydrogen-bond donors (Lipinski definition) is 1. The van der Waals surface area contributed by atoms with E-state index in [2.05, 4.69) is 10.5 Å². The van der Waals surface area contributed by atoms with Crippen molar-refractivity contribution >= 4 is 12.1 Å². The molecule has 6 heteroatoms. The normalized spacial score (nSPS) is 10.7. The van der Waals surface area contributed by atoms with Crippen LogP contribution < -0.4 is 10.2 Å². The molecule has 0 spiro atoms. The maximum absolute atomic E-state index is 13.1. The number of para-hydroxylation sites is 1. The van der Waals surface area contributed by atoms with E-state index in [0.29, 0.717) is 11.3 Å². The minimum Gasteiger partial charge on any atom is -0.483 e. The molecular formula is C21H16F2N2O2. The van der Waals surface area contributed by atoms with Gasteiger partial charge in [0.05, 0.1) is 6.21 Å². The zero-order valence-corrected chi connectivity index (χ0v) is 14.2. The molecule has 4 nitrogen and oxygen atoms in total. The number of halogens is 2. The molecule has 0 saturated heterocycles. The predicted octanol–water partition coefficient (Wildman–Crippen LogP) is 4.16. The van der Waals surface area contributed by atoms with Crippen LogP contribution in [0.2, 0.25) is 0 Å². The monoisotopic (exact) mass is 366 g/mol. The topological polar surface area (TPSA) is 50.7 Å². The second kappa shape index (κ2) is 8.71. The van der Waals surface area contributed by atoms with Crippen molar-refractivity contribution in [1.82, 2.24) is 5.43 Å². The van der Waals surface area contributed by atoms with Gasteiger partial charge in [-0.3, -0.25) is 4.79 Å². The Morgan fingerprint density at radius 1 is 0.963 bits per heavy atom. The van der Waals surface area contributed by atoms with Crippen LogP contribution >= 0.6 is 0 Å². The summed E-state index contributed by atoms with van der Waals surface area (Å²) in [5.74, 6) is -1.83. The van der Waals surface area contributed by atoms with Crippen LogP contribution in [0.3, 0.4) is 0 Å². The Balaban J connectivity index is 1.58. The summed E-state index contributed by atoms with van der Waals surface area (Å²) < 4.78 is 31.6. The van der Waals surface area contributed by atoms with E-state index in [-0.39, 0.29) is 6.61 Å². The maximum atomic E-state index is 13.1. The van der Waals surface area contributed by atoms with Crippen LogP contribution in [-0.4, -0.2) is 18.7 Å². The van der Waals surface area contributed by atoms with Gasteiger partial charge in [0.2, 0.25) is 0 Å². The van der Waals surface area contributed by atoms with Gasteiger partial charge >= 0.3 is 0 Å². The van der Waals surface area contributed by atoms with Gasteiger partial charge in [-0.05, 0) is 29.3 Å². The molecule has 0 aliphatic carbocycles. The summed E-state index contributed by atoms with van der Waals surface area (Å²) in [4.78, 5) is 11.9. The van der Waals surface area contributed by atoms with Crippen molar-refractivity contribution in [2.75, 3.05) is 6.61 Å². The van der Waals surface area contributed by atoms with Gasteiger partial charge in [0, 0.05) is 5.56 Å². The average Bonchev–Trinajstić information content (AvgIpc) is 2.70.